The predicted octanol–water partition coefficient (Wildman–Crippen LogP) is 3.33. The summed E-state index contributed by atoms with van der Waals surface area (Å²) in [5.74, 6) is 0.126. The molecule has 3 rings (SSSR count). The molecule has 0 atom stereocenters. The van der Waals surface area contributed by atoms with Crippen LogP contribution in [0.5, 0.6) is 5.75 Å². The number of aromatic nitrogens is 4. The normalized spacial score (nSPS) is 10.6. The number of hydrogen-bond donors (Lipinski definition) is 2. The van der Waals surface area contributed by atoms with Crippen molar-refractivity contribution in [2.45, 2.75) is 20.0 Å². The largest absolute Gasteiger partial charge is 0.415 e. The van der Waals surface area contributed by atoms with E-state index in [0.717, 1.165) is 11.5 Å². The zero-order chi connectivity index (χ0) is 22.5. The Kier molecular flexibility index (Phi) is 7.02. The Morgan fingerprint density at radius 1 is 1.39 bits per heavy atom. The number of urea groups is 1. The van der Waals surface area contributed by atoms with Crippen LogP contribution in [-0.4, -0.2) is 43.2 Å². The van der Waals surface area contributed by atoms with Gasteiger partial charge in [-0.15, -0.1) is 0 Å². The number of carbonyl (C=O) groups is 2. The Hall–Kier alpha value is -3.25. The molecule has 0 unspecified atom stereocenters. The highest BCUT2D eigenvalue weighted by atomic mass is 35.5. The van der Waals surface area contributed by atoms with E-state index in [9.17, 15) is 14.0 Å². The summed E-state index contributed by atoms with van der Waals surface area (Å²) in [5, 5.41) is 9.68. The van der Waals surface area contributed by atoms with Gasteiger partial charge in [0.15, 0.2) is 16.7 Å². The predicted molar refractivity (Wildman–Crippen MR) is 113 cm³/mol. The minimum atomic E-state index is -0.657. The number of hydrogen-bond acceptors (Lipinski definition) is 7. The fourth-order valence-electron chi connectivity index (χ4n) is 2.51. The third kappa shape index (κ3) is 5.89. The Labute approximate surface area is 186 Å². The van der Waals surface area contributed by atoms with Crippen LogP contribution in [0.15, 0.2) is 24.3 Å². The fourth-order valence-corrected chi connectivity index (χ4v) is 3.30. The summed E-state index contributed by atoms with van der Waals surface area (Å²) in [6.45, 7) is 1.88. The number of amides is 3. The molecular formula is C18H19ClFN7O3S. The molecule has 10 nitrogen and oxygen atoms in total. The van der Waals surface area contributed by atoms with Crippen LogP contribution >= 0.6 is 23.1 Å². The summed E-state index contributed by atoms with van der Waals surface area (Å²) in [4.78, 5) is 29.7. The van der Waals surface area contributed by atoms with Crippen LogP contribution in [0, 0.1) is 12.7 Å². The van der Waals surface area contributed by atoms with E-state index in [1.54, 1.807) is 26.1 Å². The molecule has 164 valence electrons. The third-order valence-corrected chi connectivity index (χ3v) is 5.09. The summed E-state index contributed by atoms with van der Waals surface area (Å²) in [6.07, 6.45) is -0.657. The van der Waals surface area contributed by atoms with Gasteiger partial charge >= 0.3 is 12.1 Å². The molecular weight excluding hydrogens is 449 g/mol. The van der Waals surface area contributed by atoms with Gasteiger partial charge in [-0.25, -0.2) is 19.0 Å². The molecule has 0 saturated carbocycles. The zero-order valence-electron chi connectivity index (χ0n) is 16.8. The van der Waals surface area contributed by atoms with Gasteiger partial charge in [-0.1, -0.05) is 23.7 Å². The van der Waals surface area contributed by atoms with Crippen molar-refractivity contribution < 1.29 is 18.7 Å². The number of ether oxygens (including phenoxy) is 1. The number of nitrogens with zero attached hydrogens (tertiary/aromatic N) is 5. The molecule has 2 heterocycles. The SMILES string of the molecule is Cc1nn(C)c(Cl)c1OC(=O)N(C)Cc1nsc(NC(=O)NCc2cccc(F)c2)n1. The fraction of sp³-hybridized carbons (Fsp3) is 0.278. The molecule has 0 saturated heterocycles. The molecule has 3 amide bonds. The maximum atomic E-state index is 13.2. The van der Waals surface area contributed by atoms with E-state index in [-0.39, 0.29) is 34.9 Å². The molecule has 2 N–H and O–H groups in total. The van der Waals surface area contributed by atoms with Crippen LogP contribution in [-0.2, 0) is 20.1 Å². The van der Waals surface area contributed by atoms with Gasteiger partial charge < -0.3 is 15.0 Å². The van der Waals surface area contributed by atoms with Gasteiger partial charge in [0.05, 0.1) is 6.54 Å². The Balaban J connectivity index is 1.50. The van der Waals surface area contributed by atoms with Gasteiger partial charge in [-0.05, 0) is 24.6 Å². The van der Waals surface area contributed by atoms with Gasteiger partial charge in [0, 0.05) is 32.2 Å². The number of carbonyl (C=O) groups excluding carboxylic acids is 2. The quantitative estimate of drug-likeness (QED) is 0.574. The average Bonchev–Trinajstić information content (AvgIpc) is 3.25. The molecule has 0 spiro atoms. The van der Waals surface area contributed by atoms with Gasteiger partial charge in [-0.3, -0.25) is 10.00 Å². The van der Waals surface area contributed by atoms with Crippen molar-refractivity contribution >= 4 is 40.4 Å². The summed E-state index contributed by atoms with van der Waals surface area (Å²) < 4.78 is 24.0. The number of nitrogens with one attached hydrogen (secondary N) is 2. The lowest BCUT2D eigenvalue weighted by atomic mass is 10.2. The first-order chi connectivity index (χ1) is 14.7. The number of rotatable bonds is 6. The molecule has 0 radical (unpaired) electrons. The van der Waals surface area contributed by atoms with Crippen molar-refractivity contribution in [1.29, 1.82) is 0 Å². The third-order valence-electron chi connectivity index (χ3n) is 4.01. The maximum Gasteiger partial charge on any atom is 0.415 e. The molecule has 0 bridgehead atoms. The lowest BCUT2D eigenvalue weighted by Crippen LogP contribution is -2.30. The first kappa shape index (κ1) is 22.4. The minimum absolute atomic E-state index is 0.0544. The van der Waals surface area contributed by atoms with E-state index in [4.69, 9.17) is 16.3 Å². The van der Waals surface area contributed by atoms with Crippen LogP contribution in [0.3, 0.4) is 0 Å². The van der Waals surface area contributed by atoms with E-state index >= 15 is 0 Å². The number of halogens is 2. The molecule has 0 aliphatic rings. The van der Waals surface area contributed by atoms with Crippen molar-refractivity contribution in [2.75, 3.05) is 12.4 Å². The standard InChI is InChI=1S/C18H19ClFN7O3S/c1-10-14(15(19)27(3)24-10)30-18(29)26(2)9-13-22-17(31-25-13)23-16(28)21-8-11-5-4-6-12(20)7-11/h4-7H,8-9H2,1-3H3,(H2,21,22,23,25,28). The Morgan fingerprint density at radius 2 is 2.16 bits per heavy atom. The minimum Gasteiger partial charge on any atom is -0.405 e. The molecule has 0 aliphatic carbocycles. The van der Waals surface area contributed by atoms with Crippen molar-refractivity contribution in [1.82, 2.24) is 29.4 Å². The second-order valence-electron chi connectivity index (χ2n) is 6.51. The van der Waals surface area contributed by atoms with E-state index in [2.05, 4.69) is 25.1 Å². The average molecular weight is 468 g/mol. The molecule has 1 aromatic carbocycles. The highest BCUT2D eigenvalue weighted by Crippen LogP contribution is 2.27. The van der Waals surface area contributed by atoms with E-state index < -0.39 is 12.1 Å². The lowest BCUT2D eigenvalue weighted by molar-refractivity contribution is 0.159. The van der Waals surface area contributed by atoms with E-state index in [0.29, 0.717) is 17.1 Å². The van der Waals surface area contributed by atoms with E-state index in [1.807, 2.05) is 0 Å². The highest BCUT2D eigenvalue weighted by Gasteiger charge is 2.20. The molecule has 0 fully saturated rings. The van der Waals surface area contributed by atoms with Crippen molar-refractivity contribution in [2.24, 2.45) is 7.05 Å². The van der Waals surface area contributed by atoms with Gasteiger partial charge in [0.2, 0.25) is 5.13 Å². The first-order valence-electron chi connectivity index (χ1n) is 8.97. The Morgan fingerprint density at radius 3 is 2.84 bits per heavy atom. The van der Waals surface area contributed by atoms with Crippen LogP contribution in [0.1, 0.15) is 17.1 Å². The smallest absolute Gasteiger partial charge is 0.405 e. The lowest BCUT2D eigenvalue weighted by Gasteiger charge is -2.14. The number of anilines is 1. The van der Waals surface area contributed by atoms with E-state index in [1.165, 1.54) is 28.8 Å². The van der Waals surface area contributed by atoms with Crippen LogP contribution in [0.4, 0.5) is 19.1 Å². The topological polar surface area (TPSA) is 114 Å². The van der Waals surface area contributed by atoms with Crippen LogP contribution in [0.25, 0.3) is 0 Å². The highest BCUT2D eigenvalue weighted by molar-refractivity contribution is 7.09. The second kappa shape index (κ2) is 9.71. The summed E-state index contributed by atoms with van der Waals surface area (Å²) in [5.41, 5.74) is 1.11. The first-order valence-corrected chi connectivity index (χ1v) is 10.1. The van der Waals surface area contributed by atoms with Crippen molar-refractivity contribution in [3.8, 4) is 5.75 Å². The molecule has 13 heteroatoms. The number of benzene rings is 1. The molecule has 2 aromatic heterocycles. The number of aryl methyl sites for hydroxylation is 2. The maximum absolute atomic E-state index is 13.2. The summed E-state index contributed by atoms with van der Waals surface area (Å²) in [7, 11) is 3.15. The molecule has 31 heavy (non-hydrogen) atoms. The van der Waals surface area contributed by atoms with Crippen LogP contribution in [0.2, 0.25) is 5.15 Å². The Bertz CT molecular complexity index is 1100. The molecule has 0 aliphatic heterocycles. The summed E-state index contributed by atoms with van der Waals surface area (Å²) in [6, 6.07) is 5.40. The van der Waals surface area contributed by atoms with Crippen molar-refractivity contribution in [3.05, 3.63) is 52.3 Å². The van der Waals surface area contributed by atoms with Gasteiger partial charge in [0.1, 0.15) is 11.5 Å². The summed E-state index contributed by atoms with van der Waals surface area (Å²) >= 11 is 7.03. The zero-order valence-corrected chi connectivity index (χ0v) is 18.4. The second-order valence-corrected chi connectivity index (χ2v) is 7.62. The molecule has 3 aromatic rings. The van der Waals surface area contributed by atoms with Gasteiger partial charge in [0.25, 0.3) is 0 Å². The van der Waals surface area contributed by atoms with Crippen LogP contribution < -0.4 is 15.4 Å². The monoisotopic (exact) mass is 467 g/mol. The van der Waals surface area contributed by atoms with Crippen molar-refractivity contribution in [3.63, 3.8) is 0 Å². The van der Waals surface area contributed by atoms with Gasteiger partial charge in [-0.2, -0.15) is 9.47 Å².